The molecular weight excluding hydrogens is 402 g/mol. The summed E-state index contributed by atoms with van der Waals surface area (Å²) in [5.41, 5.74) is 0.310. The van der Waals surface area contributed by atoms with Gasteiger partial charge in [0.2, 0.25) is 5.13 Å². The van der Waals surface area contributed by atoms with Crippen LogP contribution in [0.1, 0.15) is 15.4 Å². The van der Waals surface area contributed by atoms with Gasteiger partial charge in [0.05, 0.1) is 19.1 Å². The summed E-state index contributed by atoms with van der Waals surface area (Å²) in [6.45, 7) is 0. The van der Waals surface area contributed by atoms with Gasteiger partial charge in [0.15, 0.2) is 9.84 Å². The number of benzene rings is 2. The SMILES string of the molecule is COc1cc(OC)cc(C(=O)Nc2nnc(CS(=O)(=O)c3ccccc3)s2)c1. The Morgan fingerprint density at radius 2 is 1.68 bits per heavy atom. The molecule has 0 saturated heterocycles. The molecule has 1 N–H and O–H groups in total. The molecule has 0 radical (unpaired) electrons. The van der Waals surface area contributed by atoms with E-state index in [9.17, 15) is 13.2 Å². The van der Waals surface area contributed by atoms with Crippen molar-refractivity contribution in [1.29, 1.82) is 0 Å². The molecule has 3 rings (SSSR count). The third-order valence-electron chi connectivity index (χ3n) is 3.72. The lowest BCUT2D eigenvalue weighted by Gasteiger charge is -2.07. The summed E-state index contributed by atoms with van der Waals surface area (Å²) in [5.74, 6) is 0.205. The number of sulfone groups is 1. The Kier molecular flexibility index (Phi) is 5.90. The van der Waals surface area contributed by atoms with Crippen molar-refractivity contribution >= 4 is 32.2 Å². The summed E-state index contributed by atoms with van der Waals surface area (Å²) in [4.78, 5) is 12.7. The lowest BCUT2D eigenvalue weighted by molar-refractivity contribution is 0.102. The molecule has 0 aliphatic heterocycles. The van der Waals surface area contributed by atoms with E-state index in [1.165, 1.54) is 26.4 Å². The average Bonchev–Trinajstić information content (AvgIpc) is 3.14. The maximum absolute atomic E-state index is 12.5. The van der Waals surface area contributed by atoms with Gasteiger partial charge < -0.3 is 9.47 Å². The maximum atomic E-state index is 12.5. The first kappa shape index (κ1) is 19.8. The highest BCUT2D eigenvalue weighted by Gasteiger charge is 2.19. The minimum atomic E-state index is -3.54. The number of ether oxygens (including phenoxy) is 2. The van der Waals surface area contributed by atoms with Crippen LogP contribution < -0.4 is 14.8 Å². The summed E-state index contributed by atoms with van der Waals surface area (Å²) < 4.78 is 35.1. The molecule has 1 heterocycles. The number of methoxy groups -OCH3 is 2. The number of anilines is 1. The number of carbonyl (C=O) groups excluding carboxylic acids is 1. The first-order valence-electron chi connectivity index (χ1n) is 8.06. The van der Waals surface area contributed by atoms with E-state index in [2.05, 4.69) is 15.5 Å². The van der Waals surface area contributed by atoms with Crippen LogP contribution in [0.15, 0.2) is 53.4 Å². The number of hydrogen-bond acceptors (Lipinski definition) is 8. The van der Waals surface area contributed by atoms with Gasteiger partial charge in [-0.15, -0.1) is 10.2 Å². The molecule has 146 valence electrons. The van der Waals surface area contributed by atoms with E-state index >= 15 is 0 Å². The van der Waals surface area contributed by atoms with Crippen LogP contribution >= 0.6 is 11.3 Å². The Morgan fingerprint density at radius 1 is 1.04 bits per heavy atom. The van der Waals surface area contributed by atoms with Crippen LogP contribution in [0.3, 0.4) is 0 Å². The number of nitrogens with zero attached hydrogens (tertiary/aromatic N) is 2. The van der Waals surface area contributed by atoms with Crippen LogP contribution in [-0.2, 0) is 15.6 Å². The second kappa shape index (κ2) is 8.36. The van der Waals surface area contributed by atoms with Gasteiger partial charge in [0, 0.05) is 11.6 Å². The first-order valence-corrected chi connectivity index (χ1v) is 10.5. The van der Waals surface area contributed by atoms with E-state index in [1.54, 1.807) is 36.4 Å². The van der Waals surface area contributed by atoms with Crippen LogP contribution in [0.25, 0.3) is 0 Å². The normalized spacial score (nSPS) is 11.1. The number of rotatable bonds is 7. The van der Waals surface area contributed by atoms with Gasteiger partial charge in [-0.1, -0.05) is 29.5 Å². The molecule has 0 aliphatic rings. The van der Waals surface area contributed by atoms with Crippen molar-refractivity contribution in [3.05, 3.63) is 59.1 Å². The van der Waals surface area contributed by atoms with Gasteiger partial charge in [-0.25, -0.2) is 8.42 Å². The van der Waals surface area contributed by atoms with E-state index in [-0.39, 0.29) is 20.8 Å². The Labute approximate surface area is 166 Å². The Bertz CT molecular complexity index is 1060. The van der Waals surface area contributed by atoms with Crippen LogP contribution in [-0.4, -0.2) is 38.7 Å². The van der Waals surface area contributed by atoms with E-state index in [0.717, 1.165) is 11.3 Å². The molecule has 10 heteroatoms. The molecule has 28 heavy (non-hydrogen) atoms. The van der Waals surface area contributed by atoms with Gasteiger partial charge >= 0.3 is 0 Å². The lowest BCUT2D eigenvalue weighted by Crippen LogP contribution is -2.12. The van der Waals surface area contributed by atoms with E-state index in [0.29, 0.717) is 17.1 Å². The quantitative estimate of drug-likeness (QED) is 0.627. The standard InChI is InChI=1S/C18H17N3O5S2/c1-25-13-8-12(9-14(10-13)26-2)17(22)19-18-21-20-16(27-18)11-28(23,24)15-6-4-3-5-7-15/h3-10H,11H2,1-2H3,(H,19,21,22). The van der Waals surface area contributed by atoms with Crippen LogP contribution in [0.4, 0.5) is 5.13 Å². The van der Waals surface area contributed by atoms with Gasteiger partial charge in [-0.3, -0.25) is 10.1 Å². The highest BCUT2D eigenvalue weighted by atomic mass is 32.2. The number of amides is 1. The molecule has 8 nitrogen and oxygen atoms in total. The van der Waals surface area contributed by atoms with Crippen LogP contribution in [0.5, 0.6) is 11.5 Å². The molecule has 1 aromatic heterocycles. The van der Waals surface area contributed by atoms with Gasteiger partial charge in [-0.2, -0.15) is 0 Å². The fourth-order valence-corrected chi connectivity index (χ4v) is 4.70. The number of nitrogens with one attached hydrogen (secondary N) is 1. The van der Waals surface area contributed by atoms with Crippen molar-refractivity contribution in [3.63, 3.8) is 0 Å². The molecule has 0 bridgehead atoms. The number of carbonyl (C=O) groups is 1. The molecular formula is C18H17N3O5S2. The van der Waals surface area contributed by atoms with Crippen LogP contribution in [0.2, 0.25) is 0 Å². The summed E-state index contributed by atoms with van der Waals surface area (Å²) in [6, 6.07) is 12.9. The van der Waals surface area contributed by atoms with Gasteiger partial charge in [-0.05, 0) is 24.3 Å². The number of hydrogen-bond donors (Lipinski definition) is 1. The van der Waals surface area contributed by atoms with E-state index < -0.39 is 15.7 Å². The third-order valence-corrected chi connectivity index (χ3v) is 6.38. The Balaban J connectivity index is 1.74. The first-order chi connectivity index (χ1) is 13.4. The lowest BCUT2D eigenvalue weighted by atomic mass is 10.2. The largest absolute Gasteiger partial charge is 0.497 e. The summed E-state index contributed by atoms with van der Waals surface area (Å²) in [5, 5.41) is 10.8. The van der Waals surface area contributed by atoms with Crippen LogP contribution in [0, 0.1) is 0 Å². The minimum absolute atomic E-state index is 0.199. The predicted molar refractivity (Wildman–Crippen MR) is 105 cm³/mol. The number of aromatic nitrogens is 2. The minimum Gasteiger partial charge on any atom is -0.497 e. The van der Waals surface area contributed by atoms with Gasteiger partial charge in [0.25, 0.3) is 5.91 Å². The molecule has 0 unspecified atom stereocenters. The molecule has 1 amide bonds. The van der Waals surface area contributed by atoms with Gasteiger partial charge in [0.1, 0.15) is 22.3 Å². The van der Waals surface area contributed by atoms with Crippen molar-refractivity contribution < 1.29 is 22.7 Å². The van der Waals surface area contributed by atoms with E-state index in [1.807, 2.05) is 0 Å². The molecule has 0 fully saturated rings. The van der Waals surface area contributed by atoms with E-state index in [4.69, 9.17) is 9.47 Å². The summed E-state index contributed by atoms with van der Waals surface area (Å²) >= 11 is 1.00. The zero-order chi connectivity index (χ0) is 20.1. The Morgan fingerprint density at radius 3 is 2.29 bits per heavy atom. The molecule has 0 saturated carbocycles. The summed E-state index contributed by atoms with van der Waals surface area (Å²) in [7, 11) is -0.563. The predicted octanol–water partition coefficient (Wildman–Crippen LogP) is 2.78. The Hall–Kier alpha value is -2.98. The monoisotopic (exact) mass is 419 g/mol. The fraction of sp³-hybridized carbons (Fsp3) is 0.167. The zero-order valence-electron chi connectivity index (χ0n) is 15.1. The van der Waals surface area contributed by atoms with Crippen molar-refractivity contribution in [2.75, 3.05) is 19.5 Å². The second-order valence-electron chi connectivity index (χ2n) is 5.63. The summed E-state index contributed by atoms with van der Waals surface area (Å²) in [6.07, 6.45) is 0. The highest BCUT2D eigenvalue weighted by Crippen LogP contribution is 2.25. The molecule has 2 aromatic carbocycles. The van der Waals surface area contributed by atoms with Crippen molar-refractivity contribution in [2.24, 2.45) is 0 Å². The van der Waals surface area contributed by atoms with Crippen molar-refractivity contribution in [3.8, 4) is 11.5 Å². The maximum Gasteiger partial charge on any atom is 0.257 e. The third kappa shape index (κ3) is 4.65. The average molecular weight is 419 g/mol. The zero-order valence-corrected chi connectivity index (χ0v) is 16.7. The molecule has 3 aromatic rings. The molecule has 0 aliphatic carbocycles. The molecule has 0 spiro atoms. The van der Waals surface area contributed by atoms with Crippen molar-refractivity contribution in [1.82, 2.24) is 10.2 Å². The fourth-order valence-electron chi connectivity index (χ4n) is 2.34. The topological polar surface area (TPSA) is 107 Å². The second-order valence-corrected chi connectivity index (χ2v) is 8.68. The van der Waals surface area contributed by atoms with Crippen molar-refractivity contribution in [2.45, 2.75) is 10.6 Å². The highest BCUT2D eigenvalue weighted by molar-refractivity contribution is 7.90. The molecule has 0 atom stereocenters. The smallest absolute Gasteiger partial charge is 0.257 e.